The Morgan fingerprint density at radius 2 is 2.10 bits per heavy atom. The molecule has 6 heteroatoms. The number of carboxylic acids is 1. The average Bonchev–Trinajstić information content (AvgIpc) is 2.83. The first kappa shape index (κ1) is 14.6. The number of carbonyl (C=O) groups excluding carboxylic acids is 1. The van der Waals surface area contributed by atoms with Crippen molar-refractivity contribution in [2.45, 2.75) is 38.5 Å². The normalized spacial score (nSPS) is 17.6. The Morgan fingerprint density at radius 1 is 1.40 bits per heavy atom. The molecular weight excluding hydrogens is 258 g/mol. The second kappa shape index (κ2) is 6.07. The molecule has 0 radical (unpaired) electrons. The summed E-state index contributed by atoms with van der Waals surface area (Å²) in [5.41, 5.74) is 0.199. The highest BCUT2D eigenvalue weighted by molar-refractivity contribution is 5.92. The Morgan fingerprint density at radius 3 is 2.65 bits per heavy atom. The molecule has 2 rings (SSSR count). The highest BCUT2D eigenvalue weighted by atomic mass is 16.4. The summed E-state index contributed by atoms with van der Waals surface area (Å²) in [5.74, 6) is -0.984. The Balaban J connectivity index is 2.00. The maximum atomic E-state index is 12.1. The van der Waals surface area contributed by atoms with Gasteiger partial charge in [0.15, 0.2) is 0 Å². The fraction of sp³-hybridized carbons (Fsp3) is 0.643. The van der Waals surface area contributed by atoms with Crippen LogP contribution in [0.2, 0.25) is 0 Å². The molecule has 0 aromatic carbocycles. The van der Waals surface area contributed by atoms with Gasteiger partial charge in [0.05, 0.1) is 18.9 Å². The van der Waals surface area contributed by atoms with Crippen molar-refractivity contribution in [3.8, 4) is 0 Å². The summed E-state index contributed by atoms with van der Waals surface area (Å²) in [4.78, 5) is 27.1. The number of rotatable bonds is 5. The van der Waals surface area contributed by atoms with E-state index in [0.717, 1.165) is 32.1 Å². The third-order valence-corrected chi connectivity index (χ3v) is 4.11. The van der Waals surface area contributed by atoms with Gasteiger partial charge >= 0.3 is 5.97 Å². The fourth-order valence-electron chi connectivity index (χ4n) is 2.97. The topological polar surface area (TPSA) is 84.2 Å². The maximum Gasteiger partial charge on any atom is 0.303 e. The number of carboxylic acid groups (broad SMARTS) is 1. The summed E-state index contributed by atoms with van der Waals surface area (Å²) in [6, 6.07) is 0. The van der Waals surface area contributed by atoms with Crippen molar-refractivity contribution in [1.29, 1.82) is 0 Å². The van der Waals surface area contributed by atoms with E-state index in [9.17, 15) is 9.59 Å². The van der Waals surface area contributed by atoms with Gasteiger partial charge in [0.2, 0.25) is 0 Å². The van der Waals surface area contributed by atoms with E-state index in [0.29, 0.717) is 12.2 Å². The minimum Gasteiger partial charge on any atom is -0.481 e. The lowest BCUT2D eigenvalue weighted by molar-refractivity contribution is -0.140. The van der Waals surface area contributed by atoms with Crippen molar-refractivity contribution < 1.29 is 14.7 Å². The van der Waals surface area contributed by atoms with Crippen LogP contribution >= 0.6 is 0 Å². The molecule has 1 fully saturated rings. The van der Waals surface area contributed by atoms with Crippen LogP contribution < -0.4 is 5.32 Å². The molecule has 1 aliphatic rings. The van der Waals surface area contributed by atoms with Crippen molar-refractivity contribution in [2.75, 3.05) is 6.54 Å². The molecule has 6 nitrogen and oxygen atoms in total. The minimum atomic E-state index is -0.790. The van der Waals surface area contributed by atoms with Gasteiger partial charge in [0.1, 0.15) is 5.69 Å². The van der Waals surface area contributed by atoms with Gasteiger partial charge in [0.25, 0.3) is 5.91 Å². The molecule has 0 atom stereocenters. The molecule has 0 unspecified atom stereocenters. The molecule has 0 saturated heterocycles. The van der Waals surface area contributed by atoms with Crippen molar-refractivity contribution in [2.24, 2.45) is 12.5 Å². The number of hydrogen-bond donors (Lipinski definition) is 2. The zero-order chi connectivity index (χ0) is 14.6. The molecule has 2 N–H and O–H groups in total. The zero-order valence-electron chi connectivity index (χ0n) is 11.8. The van der Waals surface area contributed by atoms with E-state index in [1.807, 2.05) is 0 Å². The average molecular weight is 279 g/mol. The van der Waals surface area contributed by atoms with Gasteiger partial charge in [-0.1, -0.05) is 19.3 Å². The lowest BCUT2D eigenvalue weighted by Crippen LogP contribution is -2.40. The number of carbonyl (C=O) groups is 2. The Hall–Kier alpha value is -1.85. The summed E-state index contributed by atoms with van der Waals surface area (Å²) in [6.45, 7) is 0.420. The van der Waals surface area contributed by atoms with Crippen molar-refractivity contribution in [1.82, 2.24) is 14.9 Å². The Bertz CT molecular complexity index is 490. The van der Waals surface area contributed by atoms with Crippen molar-refractivity contribution in [3.05, 3.63) is 18.2 Å². The smallest absolute Gasteiger partial charge is 0.303 e. The molecular formula is C14H21N3O3. The molecule has 1 heterocycles. The molecule has 1 saturated carbocycles. The largest absolute Gasteiger partial charge is 0.481 e. The molecule has 110 valence electrons. The van der Waals surface area contributed by atoms with E-state index in [1.165, 1.54) is 6.20 Å². The van der Waals surface area contributed by atoms with Crippen LogP contribution in [0.3, 0.4) is 0 Å². The number of hydrogen-bond acceptors (Lipinski definition) is 3. The maximum absolute atomic E-state index is 12.1. The quantitative estimate of drug-likeness (QED) is 0.857. The predicted octanol–water partition coefficient (Wildman–Crippen LogP) is 1.58. The third-order valence-electron chi connectivity index (χ3n) is 4.11. The second-order valence-electron chi connectivity index (χ2n) is 5.70. The summed E-state index contributed by atoms with van der Waals surface area (Å²) in [6.07, 6.45) is 8.16. The van der Waals surface area contributed by atoms with Gasteiger partial charge in [0, 0.05) is 13.6 Å². The van der Waals surface area contributed by atoms with Crippen LogP contribution in [-0.2, 0) is 11.8 Å². The van der Waals surface area contributed by atoms with Crippen LogP contribution in [0, 0.1) is 5.41 Å². The lowest BCUT2D eigenvalue weighted by Gasteiger charge is -2.36. The SMILES string of the molecule is Cn1cncc1C(=O)NCC1(CC(=O)O)CCCCC1. The van der Waals surface area contributed by atoms with Gasteiger partial charge in [-0.3, -0.25) is 9.59 Å². The number of aryl methyl sites for hydroxylation is 1. The first-order valence-corrected chi connectivity index (χ1v) is 6.99. The van der Waals surface area contributed by atoms with Gasteiger partial charge in [-0.15, -0.1) is 0 Å². The summed E-state index contributed by atoms with van der Waals surface area (Å²) in [7, 11) is 1.76. The molecule has 1 amide bonds. The van der Waals surface area contributed by atoms with Crippen LogP contribution in [0.15, 0.2) is 12.5 Å². The summed E-state index contributed by atoms with van der Waals surface area (Å²) >= 11 is 0. The lowest BCUT2D eigenvalue weighted by atomic mass is 9.71. The summed E-state index contributed by atoms with van der Waals surface area (Å²) < 4.78 is 1.65. The number of aromatic nitrogens is 2. The van der Waals surface area contributed by atoms with Crippen LogP contribution in [0.1, 0.15) is 49.0 Å². The van der Waals surface area contributed by atoms with E-state index in [1.54, 1.807) is 17.9 Å². The van der Waals surface area contributed by atoms with E-state index in [4.69, 9.17) is 5.11 Å². The predicted molar refractivity (Wildman–Crippen MR) is 73.3 cm³/mol. The van der Waals surface area contributed by atoms with Gasteiger partial charge in [-0.2, -0.15) is 0 Å². The first-order chi connectivity index (χ1) is 9.52. The van der Waals surface area contributed by atoms with Gasteiger partial charge < -0.3 is 15.0 Å². The zero-order valence-corrected chi connectivity index (χ0v) is 11.8. The molecule has 1 aromatic heterocycles. The number of imidazole rings is 1. The molecule has 1 aliphatic carbocycles. The molecule has 0 bridgehead atoms. The van der Waals surface area contributed by atoms with Crippen LogP contribution in [0.5, 0.6) is 0 Å². The van der Waals surface area contributed by atoms with Crippen LogP contribution in [0.25, 0.3) is 0 Å². The summed E-state index contributed by atoms with van der Waals surface area (Å²) in [5, 5.41) is 12.0. The van der Waals surface area contributed by atoms with E-state index < -0.39 is 5.97 Å². The molecule has 0 spiro atoms. The number of amides is 1. The van der Waals surface area contributed by atoms with Crippen LogP contribution in [-0.4, -0.2) is 33.1 Å². The Labute approximate surface area is 118 Å². The molecule has 20 heavy (non-hydrogen) atoms. The number of nitrogens with zero attached hydrogens (tertiary/aromatic N) is 2. The van der Waals surface area contributed by atoms with Crippen molar-refractivity contribution in [3.63, 3.8) is 0 Å². The third kappa shape index (κ3) is 3.37. The fourth-order valence-corrected chi connectivity index (χ4v) is 2.97. The van der Waals surface area contributed by atoms with Gasteiger partial charge in [-0.05, 0) is 18.3 Å². The minimum absolute atomic E-state index is 0.124. The molecule has 1 aromatic rings. The van der Waals surface area contributed by atoms with E-state index in [2.05, 4.69) is 10.3 Å². The number of nitrogens with one attached hydrogen (secondary N) is 1. The van der Waals surface area contributed by atoms with Crippen LogP contribution in [0.4, 0.5) is 0 Å². The highest BCUT2D eigenvalue weighted by Gasteiger charge is 2.34. The first-order valence-electron chi connectivity index (χ1n) is 6.99. The van der Waals surface area contributed by atoms with E-state index >= 15 is 0 Å². The monoisotopic (exact) mass is 279 g/mol. The molecule has 0 aliphatic heterocycles. The highest BCUT2D eigenvalue weighted by Crippen LogP contribution is 2.38. The Kier molecular flexibility index (Phi) is 4.42. The van der Waals surface area contributed by atoms with E-state index in [-0.39, 0.29) is 17.7 Å². The second-order valence-corrected chi connectivity index (χ2v) is 5.70. The number of aliphatic carboxylic acids is 1. The standard InChI is InChI=1S/C14H21N3O3/c1-17-10-15-8-11(17)13(20)16-9-14(7-12(18)19)5-3-2-4-6-14/h8,10H,2-7,9H2,1H3,(H,16,20)(H,18,19). The van der Waals surface area contributed by atoms with Gasteiger partial charge in [-0.25, -0.2) is 4.98 Å². The van der Waals surface area contributed by atoms with Crippen molar-refractivity contribution >= 4 is 11.9 Å².